The fourth-order valence-electron chi connectivity index (χ4n) is 1.87. The van der Waals surface area contributed by atoms with E-state index in [0.717, 1.165) is 41.4 Å². The lowest BCUT2D eigenvalue weighted by molar-refractivity contribution is 0.0841. The van der Waals surface area contributed by atoms with Crippen LogP contribution < -0.4 is 10.1 Å². The second kappa shape index (κ2) is 6.44. The Hall–Kier alpha value is -0.730. The van der Waals surface area contributed by atoms with Gasteiger partial charge in [-0.1, -0.05) is 25.4 Å². The van der Waals surface area contributed by atoms with Crippen LogP contribution in [0.4, 0.5) is 0 Å². The van der Waals surface area contributed by atoms with Crippen molar-refractivity contribution in [2.24, 2.45) is 0 Å². The number of halogens is 1. The van der Waals surface area contributed by atoms with Crippen molar-refractivity contribution in [1.82, 2.24) is 5.32 Å². The number of hydrogen-bond donors (Lipinski definition) is 1. The summed E-state index contributed by atoms with van der Waals surface area (Å²) in [6, 6.07) is 4.02. The van der Waals surface area contributed by atoms with Crippen LogP contribution in [0.5, 0.6) is 5.75 Å². The van der Waals surface area contributed by atoms with Gasteiger partial charge in [0.1, 0.15) is 11.4 Å². The molecule has 2 nitrogen and oxygen atoms in total. The highest BCUT2D eigenvalue weighted by Crippen LogP contribution is 2.28. The first-order chi connectivity index (χ1) is 8.41. The number of aryl methyl sites for hydroxylation is 2. The van der Waals surface area contributed by atoms with Crippen LogP contribution in [0.2, 0.25) is 5.02 Å². The molecule has 18 heavy (non-hydrogen) atoms. The average molecular weight is 270 g/mol. The number of hydrogen-bond acceptors (Lipinski definition) is 2. The van der Waals surface area contributed by atoms with E-state index in [1.165, 1.54) is 0 Å². The van der Waals surface area contributed by atoms with Gasteiger partial charge in [0.2, 0.25) is 0 Å². The molecule has 102 valence electrons. The molecule has 1 N–H and O–H groups in total. The van der Waals surface area contributed by atoms with E-state index >= 15 is 0 Å². The third kappa shape index (κ3) is 3.89. The first-order valence-electron chi connectivity index (χ1n) is 6.58. The number of likely N-dealkylation sites (N-methyl/N-ethyl adjacent to an activating group) is 1. The molecule has 0 aliphatic rings. The van der Waals surface area contributed by atoms with Crippen LogP contribution >= 0.6 is 11.6 Å². The summed E-state index contributed by atoms with van der Waals surface area (Å²) in [5.74, 6) is 0.900. The maximum Gasteiger partial charge on any atom is 0.120 e. The van der Waals surface area contributed by atoms with Crippen LogP contribution in [0.1, 0.15) is 38.3 Å². The standard InChI is InChI=1S/C15H24ClNO/c1-6-15(5,10-17-7-2)18-13-8-11(3)14(16)12(4)9-13/h8-9,17H,6-7,10H2,1-5H3. The smallest absolute Gasteiger partial charge is 0.120 e. The van der Waals surface area contributed by atoms with Crippen molar-refractivity contribution >= 4 is 11.6 Å². The summed E-state index contributed by atoms with van der Waals surface area (Å²) >= 11 is 6.17. The molecule has 1 aromatic carbocycles. The van der Waals surface area contributed by atoms with Crippen LogP contribution in [0.15, 0.2) is 12.1 Å². The molecule has 0 aromatic heterocycles. The Morgan fingerprint density at radius 3 is 2.22 bits per heavy atom. The minimum absolute atomic E-state index is 0.178. The zero-order valence-electron chi connectivity index (χ0n) is 12.1. The van der Waals surface area contributed by atoms with Crippen molar-refractivity contribution in [1.29, 1.82) is 0 Å². The van der Waals surface area contributed by atoms with Crippen LogP contribution in [0.3, 0.4) is 0 Å². The van der Waals surface area contributed by atoms with Crippen molar-refractivity contribution in [3.8, 4) is 5.75 Å². The molecule has 0 aliphatic carbocycles. The van der Waals surface area contributed by atoms with Gasteiger partial charge < -0.3 is 10.1 Å². The zero-order valence-corrected chi connectivity index (χ0v) is 12.8. The molecule has 1 rings (SSSR count). The molecule has 0 fully saturated rings. The number of nitrogens with one attached hydrogen (secondary N) is 1. The van der Waals surface area contributed by atoms with Gasteiger partial charge in [0.05, 0.1) is 0 Å². The van der Waals surface area contributed by atoms with Crippen molar-refractivity contribution in [3.63, 3.8) is 0 Å². The van der Waals surface area contributed by atoms with Gasteiger partial charge in [0, 0.05) is 11.6 Å². The molecule has 0 saturated heterocycles. The molecule has 0 amide bonds. The Bertz CT molecular complexity index is 382. The fraction of sp³-hybridized carbons (Fsp3) is 0.600. The second-order valence-corrected chi connectivity index (χ2v) is 5.43. The van der Waals surface area contributed by atoms with Crippen molar-refractivity contribution < 1.29 is 4.74 Å². The highest BCUT2D eigenvalue weighted by atomic mass is 35.5. The number of rotatable bonds is 6. The molecular formula is C15H24ClNO. The first-order valence-corrected chi connectivity index (χ1v) is 6.96. The van der Waals surface area contributed by atoms with Gasteiger partial charge in [-0.3, -0.25) is 0 Å². The van der Waals surface area contributed by atoms with Gasteiger partial charge in [0.15, 0.2) is 0 Å². The SMILES string of the molecule is CCNCC(C)(CC)Oc1cc(C)c(Cl)c(C)c1. The highest BCUT2D eigenvalue weighted by molar-refractivity contribution is 6.32. The van der Waals surface area contributed by atoms with Crippen molar-refractivity contribution in [2.75, 3.05) is 13.1 Å². The van der Waals surface area contributed by atoms with E-state index in [1.54, 1.807) is 0 Å². The largest absolute Gasteiger partial charge is 0.486 e. The maximum absolute atomic E-state index is 6.17. The summed E-state index contributed by atoms with van der Waals surface area (Å²) in [6.07, 6.45) is 0.959. The lowest BCUT2D eigenvalue weighted by atomic mass is 10.0. The predicted molar refractivity (Wildman–Crippen MR) is 78.8 cm³/mol. The summed E-state index contributed by atoms with van der Waals surface area (Å²) in [5.41, 5.74) is 1.95. The lowest BCUT2D eigenvalue weighted by Crippen LogP contribution is -2.42. The monoisotopic (exact) mass is 269 g/mol. The Morgan fingerprint density at radius 2 is 1.78 bits per heavy atom. The maximum atomic E-state index is 6.17. The predicted octanol–water partition coefficient (Wildman–Crippen LogP) is 4.11. The van der Waals surface area contributed by atoms with Gasteiger partial charge >= 0.3 is 0 Å². The third-order valence-electron chi connectivity index (χ3n) is 3.27. The molecule has 1 aromatic rings. The van der Waals surface area contributed by atoms with Crippen LogP contribution in [-0.2, 0) is 0 Å². The van der Waals surface area contributed by atoms with Gasteiger partial charge in [0.25, 0.3) is 0 Å². The van der Waals surface area contributed by atoms with Gasteiger partial charge in [-0.05, 0) is 57.0 Å². The van der Waals surface area contributed by atoms with Gasteiger partial charge in [-0.15, -0.1) is 0 Å². The summed E-state index contributed by atoms with van der Waals surface area (Å²) in [4.78, 5) is 0. The normalized spacial score (nSPS) is 14.3. The summed E-state index contributed by atoms with van der Waals surface area (Å²) in [5, 5.41) is 4.18. The Labute approximate surface area is 116 Å². The minimum Gasteiger partial charge on any atom is -0.486 e. The topological polar surface area (TPSA) is 21.3 Å². The van der Waals surface area contributed by atoms with Crippen molar-refractivity contribution in [3.05, 3.63) is 28.3 Å². The van der Waals surface area contributed by atoms with Crippen LogP contribution in [0, 0.1) is 13.8 Å². The molecule has 0 radical (unpaired) electrons. The third-order valence-corrected chi connectivity index (χ3v) is 3.87. The number of ether oxygens (including phenoxy) is 1. The van der Waals surface area contributed by atoms with E-state index < -0.39 is 0 Å². The lowest BCUT2D eigenvalue weighted by Gasteiger charge is -2.30. The molecule has 1 unspecified atom stereocenters. The quantitative estimate of drug-likeness (QED) is 0.839. The molecule has 1 atom stereocenters. The minimum atomic E-state index is -0.178. The molecule has 0 saturated carbocycles. The second-order valence-electron chi connectivity index (χ2n) is 5.06. The van der Waals surface area contributed by atoms with Crippen molar-refractivity contribution in [2.45, 2.75) is 46.6 Å². The Balaban J connectivity index is 2.88. The molecule has 0 aliphatic heterocycles. The summed E-state index contributed by atoms with van der Waals surface area (Å²) in [7, 11) is 0. The average Bonchev–Trinajstić information content (AvgIpc) is 2.33. The number of benzene rings is 1. The first kappa shape index (κ1) is 15.3. The summed E-state index contributed by atoms with van der Waals surface area (Å²) < 4.78 is 6.15. The fourth-order valence-corrected chi connectivity index (χ4v) is 1.98. The molecule has 3 heteroatoms. The molecule has 0 spiro atoms. The van der Waals surface area contributed by atoms with E-state index in [-0.39, 0.29) is 5.60 Å². The summed E-state index contributed by atoms with van der Waals surface area (Å²) in [6.45, 7) is 12.2. The highest BCUT2D eigenvalue weighted by Gasteiger charge is 2.23. The van der Waals surface area contributed by atoms with E-state index in [2.05, 4.69) is 26.1 Å². The Morgan fingerprint density at radius 1 is 1.22 bits per heavy atom. The van der Waals surface area contributed by atoms with E-state index in [4.69, 9.17) is 16.3 Å². The molecule has 0 heterocycles. The van der Waals surface area contributed by atoms with E-state index in [0.29, 0.717) is 0 Å². The molecular weight excluding hydrogens is 246 g/mol. The zero-order chi connectivity index (χ0) is 13.8. The van der Waals surface area contributed by atoms with E-state index in [9.17, 15) is 0 Å². The van der Waals surface area contributed by atoms with Crippen LogP contribution in [-0.4, -0.2) is 18.7 Å². The van der Waals surface area contributed by atoms with Crippen LogP contribution in [0.25, 0.3) is 0 Å². The van der Waals surface area contributed by atoms with Gasteiger partial charge in [-0.2, -0.15) is 0 Å². The van der Waals surface area contributed by atoms with Gasteiger partial charge in [-0.25, -0.2) is 0 Å². The molecule has 0 bridgehead atoms. The Kier molecular flexibility index (Phi) is 5.48. The van der Waals surface area contributed by atoms with E-state index in [1.807, 2.05) is 26.0 Å².